The molecule has 0 unspecified atom stereocenters. The standard InChI is InChI=1S/C21H18F3N7O2/c1-33-18-8-7-17(28-29-18)31-19(21(22,23)24)16(13-27-31)20(32)25-11-9-14-3-5-15(6-4-14)30-12-2-10-26-30/h2-8,10,12-13H,9,11H2,1H3,(H,25,32). The normalized spacial score (nSPS) is 11.4. The average Bonchev–Trinajstić information content (AvgIpc) is 3.50. The van der Waals surface area contributed by atoms with Gasteiger partial charge in [-0.25, -0.2) is 9.36 Å². The van der Waals surface area contributed by atoms with Crippen LogP contribution >= 0.6 is 0 Å². The van der Waals surface area contributed by atoms with Crippen LogP contribution in [0.1, 0.15) is 21.6 Å². The van der Waals surface area contributed by atoms with Crippen molar-refractivity contribution in [3.63, 3.8) is 0 Å². The molecule has 9 nitrogen and oxygen atoms in total. The topological polar surface area (TPSA) is 99.8 Å². The van der Waals surface area contributed by atoms with E-state index < -0.39 is 23.3 Å². The number of benzene rings is 1. The number of nitrogens with one attached hydrogen (secondary N) is 1. The summed E-state index contributed by atoms with van der Waals surface area (Å²) in [7, 11) is 1.36. The van der Waals surface area contributed by atoms with E-state index in [1.807, 2.05) is 36.5 Å². The fourth-order valence-corrected chi connectivity index (χ4v) is 3.15. The summed E-state index contributed by atoms with van der Waals surface area (Å²) in [5.41, 5.74) is -0.0553. The molecule has 0 fully saturated rings. The Morgan fingerprint density at radius 1 is 1.09 bits per heavy atom. The Morgan fingerprint density at radius 3 is 2.48 bits per heavy atom. The number of carbonyl (C=O) groups is 1. The molecule has 3 aromatic heterocycles. The number of hydrogen-bond donors (Lipinski definition) is 1. The molecule has 0 spiro atoms. The Hall–Kier alpha value is -4.22. The van der Waals surface area contributed by atoms with Crippen molar-refractivity contribution in [3.05, 3.63) is 77.9 Å². The number of amides is 1. The van der Waals surface area contributed by atoms with Crippen LogP contribution in [0.3, 0.4) is 0 Å². The lowest BCUT2D eigenvalue weighted by Gasteiger charge is -2.12. The molecule has 1 N–H and O–H groups in total. The molecule has 0 aliphatic rings. The number of ether oxygens (including phenoxy) is 1. The summed E-state index contributed by atoms with van der Waals surface area (Å²) in [6, 6.07) is 11.9. The summed E-state index contributed by atoms with van der Waals surface area (Å²) in [6.07, 6.45) is -0.0617. The second-order valence-corrected chi connectivity index (χ2v) is 6.87. The highest BCUT2D eigenvalue weighted by Gasteiger charge is 2.41. The van der Waals surface area contributed by atoms with Crippen LogP contribution in [0, 0.1) is 0 Å². The van der Waals surface area contributed by atoms with E-state index in [4.69, 9.17) is 4.74 Å². The number of aromatic nitrogens is 6. The second-order valence-electron chi connectivity index (χ2n) is 6.87. The first-order valence-electron chi connectivity index (χ1n) is 9.77. The van der Waals surface area contributed by atoms with Gasteiger partial charge in [-0.2, -0.15) is 23.4 Å². The third-order valence-corrected chi connectivity index (χ3v) is 4.74. The Kier molecular flexibility index (Phi) is 6.07. The molecule has 3 heterocycles. The predicted molar refractivity (Wildman–Crippen MR) is 110 cm³/mol. The van der Waals surface area contributed by atoms with Gasteiger partial charge in [-0.3, -0.25) is 4.79 Å². The molecule has 1 amide bonds. The second kappa shape index (κ2) is 9.10. The summed E-state index contributed by atoms with van der Waals surface area (Å²) in [5, 5.41) is 17.7. The van der Waals surface area contributed by atoms with Crippen LogP contribution in [-0.2, 0) is 12.6 Å². The molecule has 33 heavy (non-hydrogen) atoms. The van der Waals surface area contributed by atoms with Gasteiger partial charge in [0, 0.05) is 25.0 Å². The van der Waals surface area contributed by atoms with Gasteiger partial charge in [-0.05, 0) is 36.2 Å². The van der Waals surface area contributed by atoms with Crippen LogP contribution in [0.4, 0.5) is 13.2 Å². The van der Waals surface area contributed by atoms with Crippen molar-refractivity contribution in [2.45, 2.75) is 12.6 Å². The number of halogens is 3. The third kappa shape index (κ3) is 4.84. The van der Waals surface area contributed by atoms with Gasteiger partial charge < -0.3 is 10.1 Å². The molecule has 0 radical (unpaired) electrons. The Balaban J connectivity index is 1.46. The van der Waals surface area contributed by atoms with Gasteiger partial charge >= 0.3 is 6.18 Å². The van der Waals surface area contributed by atoms with Gasteiger partial charge in [0.05, 0.1) is 24.6 Å². The van der Waals surface area contributed by atoms with E-state index in [0.717, 1.165) is 17.4 Å². The molecular weight excluding hydrogens is 439 g/mol. The summed E-state index contributed by atoms with van der Waals surface area (Å²) in [5.74, 6) is -0.947. The van der Waals surface area contributed by atoms with Crippen molar-refractivity contribution in [1.82, 2.24) is 35.1 Å². The molecule has 4 aromatic rings. The summed E-state index contributed by atoms with van der Waals surface area (Å²) in [6.45, 7) is 0.144. The quantitative estimate of drug-likeness (QED) is 0.458. The van der Waals surface area contributed by atoms with Crippen LogP contribution < -0.4 is 10.1 Å². The molecule has 0 aliphatic heterocycles. The highest BCUT2D eigenvalue weighted by Crippen LogP contribution is 2.33. The van der Waals surface area contributed by atoms with Gasteiger partial charge in [-0.15, -0.1) is 10.2 Å². The highest BCUT2D eigenvalue weighted by atomic mass is 19.4. The molecule has 0 saturated heterocycles. The van der Waals surface area contributed by atoms with Crippen LogP contribution in [0.15, 0.2) is 61.1 Å². The van der Waals surface area contributed by atoms with E-state index in [-0.39, 0.29) is 18.2 Å². The lowest BCUT2D eigenvalue weighted by Crippen LogP contribution is -2.28. The number of carbonyl (C=O) groups excluding carboxylic acids is 1. The van der Waals surface area contributed by atoms with Gasteiger partial charge in [0.1, 0.15) is 0 Å². The maximum atomic E-state index is 13.8. The minimum atomic E-state index is -4.84. The summed E-state index contributed by atoms with van der Waals surface area (Å²) < 4.78 is 48.4. The smallest absolute Gasteiger partial charge is 0.434 e. The van der Waals surface area contributed by atoms with Crippen LogP contribution in [-0.4, -0.2) is 49.3 Å². The van der Waals surface area contributed by atoms with Crippen molar-refractivity contribution >= 4 is 5.91 Å². The first-order chi connectivity index (χ1) is 15.9. The number of methoxy groups -OCH3 is 1. The van der Waals surface area contributed by atoms with Crippen molar-refractivity contribution < 1.29 is 22.7 Å². The minimum absolute atomic E-state index is 0.134. The van der Waals surface area contributed by atoms with E-state index >= 15 is 0 Å². The molecule has 1 aromatic carbocycles. The molecule has 0 saturated carbocycles. The molecular formula is C21H18F3N7O2. The van der Waals surface area contributed by atoms with E-state index in [2.05, 4.69) is 25.7 Å². The van der Waals surface area contributed by atoms with Crippen LogP contribution in [0.25, 0.3) is 11.5 Å². The fourth-order valence-electron chi connectivity index (χ4n) is 3.15. The maximum Gasteiger partial charge on any atom is 0.434 e. The first-order valence-corrected chi connectivity index (χ1v) is 9.77. The van der Waals surface area contributed by atoms with Gasteiger partial charge in [-0.1, -0.05) is 12.1 Å². The van der Waals surface area contributed by atoms with E-state index in [9.17, 15) is 18.0 Å². The van der Waals surface area contributed by atoms with Crippen molar-refractivity contribution in [2.24, 2.45) is 0 Å². The molecule has 0 aliphatic carbocycles. The zero-order chi connectivity index (χ0) is 23.4. The average molecular weight is 457 g/mol. The fraction of sp³-hybridized carbons (Fsp3) is 0.190. The van der Waals surface area contributed by atoms with E-state index in [1.54, 1.807) is 10.9 Å². The molecule has 0 atom stereocenters. The minimum Gasteiger partial charge on any atom is -0.480 e. The van der Waals surface area contributed by atoms with Crippen LogP contribution in [0.2, 0.25) is 0 Å². The summed E-state index contributed by atoms with van der Waals surface area (Å²) >= 11 is 0. The lowest BCUT2D eigenvalue weighted by molar-refractivity contribution is -0.143. The van der Waals surface area contributed by atoms with Crippen molar-refractivity contribution in [1.29, 1.82) is 0 Å². The lowest BCUT2D eigenvalue weighted by atomic mass is 10.1. The number of hydrogen-bond acceptors (Lipinski definition) is 6. The maximum absolute atomic E-state index is 13.8. The van der Waals surface area contributed by atoms with Crippen molar-refractivity contribution in [2.75, 3.05) is 13.7 Å². The molecule has 170 valence electrons. The highest BCUT2D eigenvalue weighted by molar-refractivity contribution is 5.95. The van der Waals surface area contributed by atoms with Gasteiger partial charge in [0.2, 0.25) is 5.88 Å². The molecule has 12 heteroatoms. The van der Waals surface area contributed by atoms with Gasteiger partial charge in [0.15, 0.2) is 11.5 Å². The Morgan fingerprint density at radius 2 is 1.88 bits per heavy atom. The monoisotopic (exact) mass is 457 g/mol. The number of nitrogens with zero attached hydrogens (tertiary/aromatic N) is 6. The largest absolute Gasteiger partial charge is 0.480 e. The first kappa shape index (κ1) is 22.0. The SMILES string of the molecule is COc1ccc(-n2ncc(C(=O)NCCc3ccc(-n4cccn4)cc3)c2C(F)(F)F)nn1. The van der Waals surface area contributed by atoms with E-state index in [1.165, 1.54) is 19.2 Å². The Bertz CT molecular complexity index is 1220. The van der Waals surface area contributed by atoms with Gasteiger partial charge in [0.25, 0.3) is 5.91 Å². The predicted octanol–water partition coefficient (Wildman–Crippen LogP) is 2.85. The zero-order valence-corrected chi connectivity index (χ0v) is 17.3. The molecule has 0 bridgehead atoms. The van der Waals surface area contributed by atoms with E-state index in [0.29, 0.717) is 11.1 Å². The van der Waals surface area contributed by atoms with Crippen LogP contribution in [0.5, 0.6) is 5.88 Å². The number of alkyl halides is 3. The zero-order valence-electron chi connectivity index (χ0n) is 17.3. The number of rotatable bonds is 7. The third-order valence-electron chi connectivity index (χ3n) is 4.74. The van der Waals surface area contributed by atoms with Crippen molar-refractivity contribution in [3.8, 4) is 17.4 Å². The summed E-state index contributed by atoms with van der Waals surface area (Å²) in [4.78, 5) is 12.5. The Labute approximate surface area is 185 Å². The molecule has 4 rings (SSSR count).